The number of amides is 1. The van der Waals surface area contributed by atoms with Gasteiger partial charge in [-0.05, 0) is 50.2 Å². The highest BCUT2D eigenvalue weighted by molar-refractivity contribution is 5.80. The van der Waals surface area contributed by atoms with Gasteiger partial charge < -0.3 is 15.8 Å². The van der Waals surface area contributed by atoms with Gasteiger partial charge in [0.05, 0.1) is 12.5 Å². The first-order valence-corrected chi connectivity index (χ1v) is 7.90. The molecule has 0 aliphatic heterocycles. The summed E-state index contributed by atoms with van der Waals surface area (Å²) in [6.07, 6.45) is 3.44. The van der Waals surface area contributed by atoms with Crippen LogP contribution in [0, 0.1) is 17.8 Å². The number of benzene rings is 1. The normalized spacial score (nSPS) is 31.9. The summed E-state index contributed by atoms with van der Waals surface area (Å²) in [5.74, 6) is 2.00. The van der Waals surface area contributed by atoms with Gasteiger partial charge in [0.1, 0.15) is 11.9 Å². The van der Waals surface area contributed by atoms with Gasteiger partial charge in [0.25, 0.3) is 0 Å². The summed E-state index contributed by atoms with van der Waals surface area (Å²) >= 11 is 0. The van der Waals surface area contributed by atoms with Crippen molar-refractivity contribution < 1.29 is 9.53 Å². The molecule has 4 nitrogen and oxygen atoms in total. The molecule has 2 fully saturated rings. The second kappa shape index (κ2) is 6.06. The topological polar surface area (TPSA) is 64.4 Å². The third-order valence-electron chi connectivity index (χ3n) is 4.93. The first kappa shape index (κ1) is 14.4. The number of nitrogens with two attached hydrogens (primary N) is 1. The van der Waals surface area contributed by atoms with Crippen molar-refractivity contribution in [2.45, 2.75) is 38.3 Å². The Morgan fingerprint density at radius 1 is 1.33 bits per heavy atom. The van der Waals surface area contributed by atoms with Gasteiger partial charge in [0.2, 0.25) is 5.91 Å². The van der Waals surface area contributed by atoms with E-state index in [-0.39, 0.29) is 24.0 Å². The van der Waals surface area contributed by atoms with E-state index in [9.17, 15) is 4.79 Å². The number of hydrogen-bond donors (Lipinski definition) is 2. The molecule has 0 spiro atoms. The Hall–Kier alpha value is -1.55. The van der Waals surface area contributed by atoms with Crippen molar-refractivity contribution in [2.24, 2.45) is 23.5 Å². The Balaban J connectivity index is 1.47. The molecule has 0 saturated heterocycles. The molecule has 2 saturated carbocycles. The summed E-state index contributed by atoms with van der Waals surface area (Å²) in [5.41, 5.74) is 6.20. The van der Waals surface area contributed by atoms with E-state index in [0.29, 0.717) is 18.4 Å². The molecule has 3 rings (SSSR count). The summed E-state index contributed by atoms with van der Waals surface area (Å²) in [4.78, 5) is 12.4. The molecule has 5 unspecified atom stereocenters. The van der Waals surface area contributed by atoms with Crippen molar-refractivity contribution in [1.29, 1.82) is 0 Å². The average molecular weight is 288 g/mol. The number of nitrogens with one attached hydrogen (secondary N) is 1. The number of hydrogen-bond acceptors (Lipinski definition) is 3. The van der Waals surface area contributed by atoms with Gasteiger partial charge >= 0.3 is 0 Å². The summed E-state index contributed by atoms with van der Waals surface area (Å²) in [6.45, 7) is 2.49. The van der Waals surface area contributed by atoms with Crippen LogP contribution in [0.4, 0.5) is 0 Å². The molecule has 2 aliphatic rings. The largest absolute Gasteiger partial charge is 0.489 e. The van der Waals surface area contributed by atoms with Gasteiger partial charge in [0.15, 0.2) is 0 Å². The zero-order valence-corrected chi connectivity index (χ0v) is 12.5. The summed E-state index contributed by atoms with van der Waals surface area (Å²) in [7, 11) is 0. The molecule has 1 aromatic carbocycles. The molecule has 2 bridgehead atoms. The highest BCUT2D eigenvalue weighted by Gasteiger charge is 2.48. The van der Waals surface area contributed by atoms with Crippen LogP contribution in [-0.2, 0) is 4.79 Å². The van der Waals surface area contributed by atoms with Crippen LogP contribution in [0.1, 0.15) is 26.2 Å². The van der Waals surface area contributed by atoms with E-state index >= 15 is 0 Å². The van der Waals surface area contributed by atoms with Crippen LogP contribution in [0.5, 0.6) is 5.75 Å². The molecular weight excluding hydrogens is 264 g/mol. The SMILES string of the molecule is CC(CNC(=O)C1C2CCC(C2)C1N)Oc1ccccc1. The van der Waals surface area contributed by atoms with Crippen LogP contribution in [0.15, 0.2) is 30.3 Å². The van der Waals surface area contributed by atoms with E-state index in [2.05, 4.69) is 5.32 Å². The lowest BCUT2D eigenvalue weighted by molar-refractivity contribution is -0.127. The number of carbonyl (C=O) groups is 1. The van der Waals surface area contributed by atoms with Crippen LogP contribution < -0.4 is 15.8 Å². The van der Waals surface area contributed by atoms with Gasteiger partial charge in [-0.3, -0.25) is 4.79 Å². The highest BCUT2D eigenvalue weighted by Crippen LogP contribution is 2.47. The minimum absolute atomic E-state index is 0.00711. The number of carbonyl (C=O) groups excluding carboxylic acids is 1. The lowest BCUT2D eigenvalue weighted by Crippen LogP contribution is -2.47. The summed E-state index contributed by atoms with van der Waals surface area (Å²) in [6, 6.07) is 9.72. The second-order valence-corrected chi connectivity index (χ2v) is 6.42. The third-order valence-corrected chi connectivity index (χ3v) is 4.93. The fourth-order valence-electron chi connectivity index (χ4n) is 3.86. The Morgan fingerprint density at radius 2 is 2.05 bits per heavy atom. The molecule has 0 heterocycles. The molecule has 114 valence electrons. The fraction of sp³-hybridized carbons (Fsp3) is 0.588. The number of fused-ring (bicyclic) bond motifs is 2. The van der Waals surface area contributed by atoms with Gasteiger partial charge in [-0.15, -0.1) is 0 Å². The number of para-hydroxylation sites is 1. The standard InChI is InChI=1S/C17H24N2O2/c1-11(21-14-5-3-2-4-6-14)10-19-17(20)15-12-7-8-13(9-12)16(15)18/h2-6,11-13,15-16H,7-10,18H2,1H3,(H,19,20). The average Bonchev–Trinajstić information content (AvgIpc) is 3.07. The molecule has 5 atom stereocenters. The van der Waals surface area contributed by atoms with E-state index in [0.717, 1.165) is 18.6 Å². The Bertz CT molecular complexity index is 489. The van der Waals surface area contributed by atoms with Crippen LogP contribution in [0.25, 0.3) is 0 Å². The zero-order chi connectivity index (χ0) is 14.8. The van der Waals surface area contributed by atoms with E-state index in [1.165, 1.54) is 6.42 Å². The van der Waals surface area contributed by atoms with Crippen molar-refractivity contribution in [3.05, 3.63) is 30.3 Å². The van der Waals surface area contributed by atoms with Crippen molar-refractivity contribution in [2.75, 3.05) is 6.54 Å². The number of ether oxygens (including phenoxy) is 1. The van der Waals surface area contributed by atoms with Crippen molar-refractivity contribution in [3.8, 4) is 5.75 Å². The molecule has 21 heavy (non-hydrogen) atoms. The fourth-order valence-corrected chi connectivity index (χ4v) is 3.86. The van der Waals surface area contributed by atoms with Crippen LogP contribution in [-0.4, -0.2) is 24.6 Å². The first-order chi connectivity index (χ1) is 10.1. The molecule has 4 heteroatoms. The maximum Gasteiger partial charge on any atom is 0.225 e. The van der Waals surface area contributed by atoms with E-state index in [4.69, 9.17) is 10.5 Å². The highest BCUT2D eigenvalue weighted by atomic mass is 16.5. The molecular formula is C17H24N2O2. The lowest BCUT2D eigenvalue weighted by Gasteiger charge is -2.27. The van der Waals surface area contributed by atoms with Crippen molar-refractivity contribution >= 4 is 5.91 Å². The number of rotatable bonds is 5. The van der Waals surface area contributed by atoms with Crippen LogP contribution in [0.2, 0.25) is 0 Å². The Kier molecular flexibility index (Phi) is 4.15. The maximum atomic E-state index is 12.4. The molecule has 1 amide bonds. The Labute approximate surface area is 126 Å². The maximum absolute atomic E-state index is 12.4. The van der Waals surface area contributed by atoms with Gasteiger partial charge in [-0.25, -0.2) is 0 Å². The van der Waals surface area contributed by atoms with Crippen molar-refractivity contribution in [1.82, 2.24) is 5.32 Å². The molecule has 0 radical (unpaired) electrons. The van der Waals surface area contributed by atoms with E-state index in [1.807, 2.05) is 37.3 Å². The Morgan fingerprint density at radius 3 is 2.71 bits per heavy atom. The zero-order valence-electron chi connectivity index (χ0n) is 12.5. The summed E-state index contributed by atoms with van der Waals surface area (Å²) < 4.78 is 5.77. The smallest absolute Gasteiger partial charge is 0.225 e. The summed E-state index contributed by atoms with van der Waals surface area (Å²) in [5, 5.41) is 3.02. The molecule has 0 aromatic heterocycles. The molecule has 3 N–H and O–H groups in total. The van der Waals surface area contributed by atoms with Gasteiger partial charge in [-0.1, -0.05) is 18.2 Å². The minimum Gasteiger partial charge on any atom is -0.489 e. The predicted molar refractivity (Wildman–Crippen MR) is 81.8 cm³/mol. The van der Waals surface area contributed by atoms with Gasteiger partial charge in [-0.2, -0.15) is 0 Å². The monoisotopic (exact) mass is 288 g/mol. The van der Waals surface area contributed by atoms with E-state index in [1.54, 1.807) is 0 Å². The lowest BCUT2D eigenvalue weighted by atomic mass is 9.84. The van der Waals surface area contributed by atoms with Crippen LogP contribution >= 0.6 is 0 Å². The quantitative estimate of drug-likeness (QED) is 0.870. The molecule has 2 aliphatic carbocycles. The van der Waals surface area contributed by atoms with Crippen LogP contribution in [0.3, 0.4) is 0 Å². The third kappa shape index (κ3) is 3.05. The minimum atomic E-state index is -0.0498. The first-order valence-electron chi connectivity index (χ1n) is 7.90. The second-order valence-electron chi connectivity index (χ2n) is 6.42. The van der Waals surface area contributed by atoms with Gasteiger partial charge in [0, 0.05) is 6.04 Å². The van der Waals surface area contributed by atoms with E-state index < -0.39 is 0 Å². The predicted octanol–water partition coefficient (Wildman–Crippen LogP) is 1.94. The molecule has 1 aromatic rings. The van der Waals surface area contributed by atoms with Crippen molar-refractivity contribution in [3.63, 3.8) is 0 Å².